The summed E-state index contributed by atoms with van der Waals surface area (Å²) in [6.45, 7) is 10.5. The van der Waals surface area contributed by atoms with Gasteiger partial charge in [0.15, 0.2) is 0 Å². The van der Waals surface area contributed by atoms with Gasteiger partial charge in [-0.3, -0.25) is 0 Å². The minimum atomic E-state index is -0.690. The number of carbonyl (C=O) groups is 1. The Hall–Kier alpha value is -0.810. The number of likely N-dealkylation sites (tertiary alicyclic amines) is 1. The number of unbranched alkanes of at least 4 members (excludes halogenated alkanes) is 2. The van der Waals surface area contributed by atoms with E-state index in [1.165, 1.54) is 12.8 Å². The van der Waals surface area contributed by atoms with Crippen molar-refractivity contribution >= 4 is 6.09 Å². The summed E-state index contributed by atoms with van der Waals surface area (Å²) in [7, 11) is 0. The summed E-state index contributed by atoms with van der Waals surface area (Å²) < 4.78 is 5.36. The number of ether oxygens (including phenoxy) is 1. The van der Waals surface area contributed by atoms with Crippen molar-refractivity contribution in [2.24, 2.45) is 0 Å². The van der Waals surface area contributed by atoms with Gasteiger partial charge in [-0.2, -0.15) is 0 Å². The van der Waals surface area contributed by atoms with E-state index in [0.717, 1.165) is 13.0 Å². The van der Waals surface area contributed by atoms with Crippen molar-refractivity contribution in [2.45, 2.75) is 71.0 Å². The first-order valence-corrected chi connectivity index (χ1v) is 8.17. The summed E-state index contributed by atoms with van der Waals surface area (Å²) in [5, 5.41) is 13.8. The van der Waals surface area contributed by atoms with Crippen LogP contribution in [0.4, 0.5) is 4.79 Å². The summed E-state index contributed by atoms with van der Waals surface area (Å²) in [4.78, 5) is 13.7. The molecule has 1 amide bonds. The average Bonchev–Trinajstić information content (AvgIpc) is 2.37. The first-order valence-electron chi connectivity index (χ1n) is 8.17. The molecule has 0 aliphatic carbocycles. The Morgan fingerprint density at radius 3 is 2.43 bits per heavy atom. The maximum Gasteiger partial charge on any atom is 0.410 e. The van der Waals surface area contributed by atoms with E-state index in [9.17, 15) is 9.90 Å². The van der Waals surface area contributed by atoms with Crippen molar-refractivity contribution in [3.8, 4) is 0 Å². The number of nitrogens with zero attached hydrogens (tertiary/aromatic N) is 1. The molecule has 0 spiro atoms. The van der Waals surface area contributed by atoms with Crippen molar-refractivity contribution in [1.82, 2.24) is 10.2 Å². The van der Waals surface area contributed by atoms with Crippen LogP contribution in [0.1, 0.15) is 59.8 Å². The highest BCUT2D eigenvalue weighted by atomic mass is 16.6. The monoisotopic (exact) mass is 300 g/mol. The molecule has 0 unspecified atom stereocenters. The summed E-state index contributed by atoms with van der Waals surface area (Å²) in [6.07, 6.45) is 4.51. The van der Waals surface area contributed by atoms with Crippen LogP contribution in [0.2, 0.25) is 0 Å². The number of amides is 1. The van der Waals surface area contributed by atoms with Crippen molar-refractivity contribution in [3.63, 3.8) is 0 Å². The maximum atomic E-state index is 12.0. The Bertz CT molecular complexity index is 318. The molecule has 5 nitrogen and oxygen atoms in total. The van der Waals surface area contributed by atoms with Crippen LogP contribution in [0.15, 0.2) is 0 Å². The largest absolute Gasteiger partial charge is 0.444 e. The highest BCUT2D eigenvalue weighted by Crippen LogP contribution is 2.23. The van der Waals surface area contributed by atoms with Crippen LogP contribution in [0.5, 0.6) is 0 Å². The molecule has 0 aromatic heterocycles. The van der Waals surface area contributed by atoms with Gasteiger partial charge in [0.05, 0.1) is 5.60 Å². The molecule has 1 rings (SSSR count). The number of hydrogen-bond acceptors (Lipinski definition) is 4. The smallest absolute Gasteiger partial charge is 0.410 e. The van der Waals surface area contributed by atoms with E-state index in [1.54, 1.807) is 4.90 Å². The lowest BCUT2D eigenvalue weighted by atomic mass is 9.91. The highest BCUT2D eigenvalue weighted by Gasteiger charge is 2.34. The second kappa shape index (κ2) is 7.99. The van der Waals surface area contributed by atoms with Gasteiger partial charge in [-0.25, -0.2) is 4.79 Å². The number of hydrogen-bond donors (Lipinski definition) is 2. The molecule has 1 heterocycles. The van der Waals surface area contributed by atoms with Crippen LogP contribution in [-0.2, 0) is 4.74 Å². The first-order chi connectivity index (χ1) is 9.76. The summed E-state index contributed by atoms with van der Waals surface area (Å²) in [6, 6.07) is 0. The van der Waals surface area contributed by atoms with Crippen LogP contribution >= 0.6 is 0 Å². The molecule has 0 aromatic rings. The molecule has 21 heavy (non-hydrogen) atoms. The Balaban J connectivity index is 2.28. The normalized spacial score (nSPS) is 18.6. The molecule has 0 bridgehead atoms. The quantitative estimate of drug-likeness (QED) is 0.740. The van der Waals surface area contributed by atoms with Crippen LogP contribution < -0.4 is 5.32 Å². The minimum absolute atomic E-state index is 0.277. The van der Waals surface area contributed by atoms with Gasteiger partial charge in [0.2, 0.25) is 0 Å². The Kier molecular flexibility index (Phi) is 6.94. The van der Waals surface area contributed by atoms with Crippen LogP contribution in [0, 0.1) is 0 Å². The van der Waals surface area contributed by atoms with E-state index in [4.69, 9.17) is 4.74 Å². The Labute approximate surface area is 129 Å². The second-order valence-corrected chi connectivity index (χ2v) is 7.08. The maximum absolute atomic E-state index is 12.0. The van der Waals surface area contributed by atoms with Crippen molar-refractivity contribution < 1.29 is 14.6 Å². The van der Waals surface area contributed by atoms with Crippen LogP contribution in [-0.4, -0.2) is 53.5 Å². The fourth-order valence-corrected chi connectivity index (χ4v) is 2.43. The molecule has 1 saturated heterocycles. The topological polar surface area (TPSA) is 61.8 Å². The van der Waals surface area contributed by atoms with Gasteiger partial charge in [-0.1, -0.05) is 19.8 Å². The molecular weight excluding hydrogens is 268 g/mol. The fourth-order valence-electron chi connectivity index (χ4n) is 2.43. The molecular formula is C16H32N2O3. The third-order valence-corrected chi connectivity index (χ3v) is 3.76. The first kappa shape index (κ1) is 18.2. The van der Waals surface area contributed by atoms with Gasteiger partial charge in [0.1, 0.15) is 5.60 Å². The molecule has 0 saturated carbocycles. The summed E-state index contributed by atoms with van der Waals surface area (Å²) in [5.41, 5.74) is -1.16. The van der Waals surface area contributed by atoms with E-state index < -0.39 is 11.2 Å². The molecule has 1 aliphatic rings. The highest BCUT2D eigenvalue weighted by molar-refractivity contribution is 5.68. The lowest BCUT2D eigenvalue weighted by Crippen LogP contribution is -2.52. The molecule has 0 atom stereocenters. The van der Waals surface area contributed by atoms with E-state index in [1.807, 2.05) is 20.8 Å². The fraction of sp³-hybridized carbons (Fsp3) is 0.938. The molecule has 0 radical (unpaired) electrons. The number of carbonyl (C=O) groups excluding carboxylic acids is 1. The molecule has 2 N–H and O–H groups in total. The predicted molar refractivity (Wildman–Crippen MR) is 84.4 cm³/mol. The van der Waals surface area contributed by atoms with Crippen LogP contribution in [0.25, 0.3) is 0 Å². The SMILES string of the molecule is CCCCCNCC1(O)CCN(C(=O)OC(C)(C)C)CC1. The van der Waals surface area contributed by atoms with E-state index >= 15 is 0 Å². The second-order valence-electron chi connectivity index (χ2n) is 7.08. The third kappa shape index (κ3) is 7.14. The van der Waals surface area contributed by atoms with Gasteiger partial charge in [-0.15, -0.1) is 0 Å². The van der Waals surface area contributed by atoms with Crippen molar-refractivity contribution in [3.05, 3.63) is 0 Å². The number of nitrogens with one attached hydrogen (secondary N) is 1. The van der Waals surface area contributed by atoms with Gasteiger partial charge >= 0.3 is 6.09 Å². The third-order valence-electron chi connectivity index (χ3n) is 3.76. The summed E-state index contributed by atoms with van der Waals surface area (Å²) >= 11 is 0. The molecule has 124 valence electrons. The predicted octanol–water partition coefficient (Wildman–Crippen LogP) is 2.53. The zero-order valence-electron chi connectivity index (χ0n) is 14.1. The Morgan fingerprint density at radius 1 is 1.29 bits per heavy atom. The molecule has 1 fully saturated rings. The van der Waals surface area contributed by atoms with E-state index in [0.29, 0.717) is 32.5 Å². The zero-order valence-corrected chi connectivity index (χ0v) is 14.1. The zero-order chi connectivity index (χ0) is 15.9. The van der Waals surface area contributed by atoms with Gasteiger partial charge in [0.25, 0.3) is 0 Å². The van der Waals surface area contributed by atoms with Crippen molar-refractivity contribution in [2.75, 3.05) is 26.2 Å². The molecule has 0 aromatic carbocycles. The standard InChI is InChI=1S/C16H32N2O3/c1-5-6-7-10-17-13-16(20)8-11-18(12-9-16)14(19)21-15(2,3)4/h17,20H,5-13H2,1-4H3. The lowest BCUT2D eigenvalue weighted by Gasteiger charge is -2.38. The lowest BCUT2D eigenvalue weighted by molar-refractivity contribution is -0.0308. The number of rotatable bonds is 6. The Morgan fingerprint density at radius 2 is 1.90 bits per heavy atom. The average molecular weight is 300 g/mol. The van der Waals surface area contributed by atoms with Gasteiger partial charge in [-0.05, 0) is 46.6 Å². The van der Waals surface area contributed by atoms with Gasteiger partial charge < -0.3 is 20.1 Å². The summed E-state index contributed by atoms with van der Waals surface area (Å²) in [5.74, 6) is 0. The van der Waals surface area contributed by atoms with E-state index in [-0.39, 0.29) is 6.09 Å². The van der Waals surface area contributed by atoms with E-state index in [2.05, 4.69) is 12.2 Å². The minimum Gasteiger partial charge on any atom is -0.444 e. The molecule has 1 aliphatic heterocycles. The molecule has 5 heteroatoms. The number of aliphatic hydroxyl groups is 1. The van der Waals surface area contributed by atoms with Crippen molar-refractivity contribution in [1.29, 1.82) is 0 Å². The van der Waals surface area contributed by atoms with Gasteiger partial charge in [0, 0.05) is 19.6 Å². The van der Waals surface area contributed by atoms with Crippen LogP contribution in [0.3, 0.4) is 0 Å². The number of piperidine rings is 1.